The fraction of sp³-hybridized carbons (Fsp3) is 0.720. The Bertz CT molecular complexity index is 911. The van der Waals surface area contributed by atoms with E-state index in [2.05, 4.69) is 28.2 Å². The summed E-state index contributed by atoms with van der Waals surface area (Å²) in [5, 5.41) is 8.26. The second-order valence-electron chi connectivity index (χ2n) is 10.4. The zero-order valence-corrected chi connectivity index (χ0v) is 18.9. The first kappa shape index (κ1) is 20.9. The van der Waals surface area contributed by atoms with Crippen LogP contribution < -0.4 is 0 Å². The highest BCUT2D eigenvalue weighted by Crippen LogP contribution is 2.58. The highest BCUT2D eigenvalue weighted by Gasteiger charge is 2.62. The Morgan fingerprint density at radius 1 is 1.13 bits per heavy atom. The lowest BCUT2D eigenvalue weighted by Crippen LogP contribution is -2.29. The molecule has 2 saturated carbocycles. The Kier molecular flexibility index (Phi) is 5.76. The Labute approximate surface area is 184 Å². The van der Waals surface area contributed by atoms with Gasteiger partial charge in [-0.15, -0.1) is 0 Å². The molecule has 1 aliphatic heterocycles. The van der Waals surface area contributed by atoms with Crippen LogP contribution in [0.1, 0.15) is 74.8 Å². The van der Waals surface area contributed by atoms with Gasteiger partial charge in [-0.2, -0.15) is 0 Å². The number of carbonyl (C=O) groups is 1. The minimum Gasteiger partial charge on any atom is -0.361 e. The van der Waals surface area contributed by atoms with Crippen LogP contribution in [-0.4, -0.2) is 40.6 Å². The molecule has 0 bridgehead atoms. The molecule has 2 aromatic rings. The summed E-state index contributed by atoms with van der Waals surface area (Å²) in [4.78, 5) is 15.0. The molecule has 3 heterocycles. The number of ketones is 1. The van der Waals surface area contributed by atoms with Crippen molar-refractivity contribution in [2.75, 3.05) is 19.6 Å². The first-order chi connectivity index (χ1) is 15.0. The van der Waals surface area contributed by atoms with Crippen LogP contribution in [0.15, 0.2) is 21.2 Å². The summed E-state index contributed by atoms with van der Waals surface area (Å²) in [6, 6.07) is 4.06. The molecule has 0 spiro atoms. The predicted molar refractivity (Wildman–Crippen MR) is 117 cm³/mol. The molecule has 3 fully saturated rings. The van der Waals surface area contributed by atoms with E-state index in [0.717, 1.165) is 36.3 Å². The second-order valence-corrected chi connectivity index (χ2v) is 10.4. The third-order valence-electron chi connectivity index (χ3n) is 8.02. The molecule has 0 unspecified atom stereocenters. The quantitative estimate of drug-likeness (QED) is 0.589. The molecule has 0 amide bonds. The summed E-state index contributed by atoms with van der Waals surface area (Å²) in [7, 11) is 0. The molecule has 31 heavy (non-hydrogen) atoms. The van der Waals surface area contributed by atoms with Gasteiger partial charge in [-0.25, -0.2) is 0 Å². The largest absolute Gasteiger partial charge is 0.361 e. The summed E-state index contributed by atoms with van der Waals surface area (Å²) >= 11 is 0. The van der Waals surface area contributed by atoms with Crippen molar-refractivity contribution in [2.24, 2.45) is 17.8 Å². The Hall–Kier alpha value is -1.95. The second kappa shape index (κ2) is 8.53. The maximum atomic E-state index is 12.4. The first-order valence-corrected chi connectivity index (χ1v) is 12.2. The zero-order valence-electron chi connectivity index (χ0n) is 18.9. The Morgan fingerprint density at radius 2 is 1.90 bits per heavy atom. The Morgan fingerprint density at radius 3 is 2.61 bits per heavy atom. The minimum atomic E-state index is 0.289. The molecule has 2 aliphatic carbocycles. The van der Waals surface area contributed by atoms with Gasteiger partial charge >= 0.3 is 0 Å². The van der Waals surface area contributed by atoms with Gasteiger partial charge in [-0.05, 0) is 56.9 Å². The molecule has 2 atom stereocenters. The van der Waals surface area contributed by atoms with Crippen LogP contribution in [0.4, 0.5) is 0 Å². The highest BCUT2D eigenvalue weighted by atomic mass is 16.5. The normalized spacial score (nSPS) is 30.5. The topological polar surface area (TPSA) is 72.4 Å². The fourth-order valence-corrected chi connectivity index (χ4v) is 6.05. The maximum Gasteiger partial charge on any atom is 0.144 e. The SMILES string of the molecule is CCc1cc([C@]23C[C@H]2CN(CCC2CCC(CC(=O)Cc4cc(C)no4)CC2)C3)no1. The summed E-state index contributed by atoms with van der Waals surface area (Å²) in [6.07, 6.45) is 9.51. The van der Waals surface area contributed by atoms with Gasteiger partial charge in [0.1, 0.15) is 17.3 Å². The van der Waals surface area contributed by atoms with Crippen molar-refractivity contribution >= 4 is 5.78 Å². The van der Waals surface area contributed by atoms with E-state index in [1.807, 2.05) is 13.0 Å². The van der Waals surface area contributed by atoms with Gasteiger partial charge in [0.05, 0.1) is 17.8 Å². The zero-order chi connectivity index (χ0) is 21.4. The van der Waals surface area contributed by atoms with Crippen LogP contribution >= 0.6 is 0 Å². The van der Waals surface area contributed by atoms with E-state index in [0.29, 0.717) is 30.3 Å². The van der Waals surface area contributed by atoms with E-state index in [-0.39, 0.29) is 5.41 Å². The average Bonchev–Trinajstić information content (AvgIpc) is 3.17. The monoisotopic (exact) mass is 425 g/mol. The number of Topliss-reactive ketones (excluding diaryl/α,β-unsaturated/α-hetero) is 1. The average molecular weight is 426 g/mol. The van der Waals surface area contributed by atoms with Gasteiger partial charge in [0.2, 0.25) is 0 Å². The summed E-state index contributed by atoms with van der Waals surface area (Å²) in [5.41, 5.74) is 2.33. The molecule has 6 nitrogen and oxygen atoms in total. The van der Waals surface area contributed by atoms with Crippen molar-refractivity contribution in [3.63, 3.8) is 0 Å². The molecule has 3 aliphatic rings. The van der Waals surface area contributed by atoms with Crippen LogP contribution in [-0.2, 0) is 23.1 Å². The third-order valence-corrected chi connectivity index (χ3v) is 8.02. The van der Waals surface area contributed by atoms with Crippen molar-refractivity contribution in [1.29, 1.82) is 0 Å². The number of carbonyl (C=O) groups excluding carboxylic acids is 1. The number of hydrogen-bond donors (Lipinski definition) is 0. The first-order valence-electron chi connectivity index (χ1n) is 12.2. The third kappa shape index (κ3) is 4.50. The molecule has 2 aromatic heterocycles. The van der Waals surface area contributed by atoms with Crippen molar-refractivity contribution < 1.29 is 13.8 Å². The number of likely N-dealkylation sites (tertiary alicyclic amines) is 1. The lowest BCUT2D eigenvalue weighted by Gasteiger charge is -2.30. The van der Waals surface area contributed by atoms with Gasteiger partial charge < -0.3 is 13.9 Å². The smallest absolute Gasteiger partial charge is 0.144 e. The van der Waals surface area contributed by atoms with Crippen molar-refractivity contribution in [3.05, 3.63) is 35.0 Å². The number of hydrogen-bond acceptors (Lipinski definition) is 6. The molecule has 0 aromatic carbocycles. The van der Waals surface area contributed by atoms with Gasteiger partial charge in [-0.1, -0.05) is 30.1 Å². The summed E-state index contributed by atoms with van der Waals surface area (Å²) in [6.45, 7) is 7.59. The van der Waals surface area contributed by atoms with Crippen LogP contribution in [0.5, 0.6) is 0 Å². The fourth-order valence-electron chi connectivity index (χ4n) is 6.05. The molecule has 0 N–H and O–H groups in total. The number of fused-ring (bicyclic) bond motifs is 1. The van der Waals surface area contributed by atoms with Crippen molar-refractivity contribution in [3.8, 4) is 0 Å². The van der Waals surface area contributed by atoms with E-state index in [9.17, 15) is 4.79 Å². The number of aromatic nitrogens is 2. The maximum absolute atomic E-state index is 12.4. The minimum absolute atomic E-state index is 0.289. The standard InChI is InChI=1S/C25H35N3O3/c1-3-22-13-24(27-30-22)25-14-20(25)15-28(16-25)9-8-18-4-6-19(7-5-18)11-21(29)12-23-10-17(2)26-31-23/h10,13,18-20H,3-9,11-12,14-16H2,1-2H3/t18?,19?,20-,25-/m0/s1. The van der Waals surface area contributed by atoms with E-state index in [1.54, 1.807) is 0 Å². The molecule has 6 heteroatoms. The van der Waals surface area contributed by atoms with E-state index < -0.39 is 0 Å². The van der Waals surface area contributed by atoms with Gasteiger partial charge in [-0.3, -0.25) is 4.79 Å². The van der Waals surface area contributed by atoms with Gasteiger partial charge in [0.25, 0.3) is 0 Å². The number of rotatable bonds is 9. The van der Waals surface area contributed by atoms with E-state index in [1.165, 1.54) is 57.3 Å². The van der Waals surface area contributed by atoms with Crippen molar-refractivity contribution in [1.82, 2.24) is 15.2 Å². The number of piperidine rings is 1. The molecular weight excluding hydrogens is 390 g/mol. The predicted octanol–water partition coefficient (Wildman–Crippen LogP) is 4.51. The lowest BCUT2D eigenvalue weighted by atomic mass is 9.78. The van der Waals surface area contributed by atoms with Crippen molar-refractivity contribution in [2.45, 2.75) is 77.0 Å². The molecule has 1 saturated heterocycles. The summed E-state index contributed by atoms with van der Waals surface area (Å²) < 4.78 is 10.7. The lowest BCUT2D eigenvalue weighted by molar-refractivity contribution is -0.119. The van der Waals surface area contributed by atoms with Gasteiger partial charge in [0.15, 0.2) is 0 Å². The van der Waals surface area contributed by atoms with Crippen LogP contribution in [0.3, 0.4) is 0 Å². The molecule has 5 rings (SSSR count). The van der Waals surface area contributed by atoms with Crippen LogP contribution in [0.2, 0.25) is 0 Å². The van der Waals surface area contributed by atoms with Crippen LogP contribution in [0.25, 0.3) is 0 Å². The summed E-state index contributed by atoms with van der Waals surface area (Å²) in [5.74, 6) is 4.15. The molecule has 0 radical (unpaired) electrons. The molecular formula is C25H35N3O3. The van der Waals surface area contributed by atoms with Crippen LogP contribution in [0, 0.1) is 24.7 Å². The van der Waals surface area contributed by atoms with E-state index in [4.69, 9.17) is 9.05 Å². The Balaban J connectivity index is 1.02. The number of nitrogens with zero attached hydrogens (tertiary/aromatic N) is 3. The van der Waals surface area contributed by atoms with Gasteiger partial charge in [0, 0.05) is 43.5 Å². The number of aryl methyl sites for hydroxylation is 2. The highest BCUT2D eigenvalue weighted by molar-refractivity contribution is 5.80. The molecule has 168 valence electrons. The van der Waals surface area contributed by atoms with E-state index >= 15 is 0 Å².